The fourth-order valence-corrected chi connectivity index (χ4v) is 1.72. The Morgan fingerprint density at radius 2 is 2.55 bits per heavy atom. The van der Waals surface area contributed by atoms with Gasteiger partial charge in [0.05, 0.1) is 0 Å². The molecule has 2 atom stereocenters. The van der Waals surface area contributed by atoms with Crippen LogP contribution in [0, 0.1) is 5.92 Å². The number of alkyl halides is 1. The maximum atomic E-state index is 13.8. The molecule has 1 fully saturated rings. The van der Waals surface area contributed by atoms with Crippen molar-refractivity contribution in [1.29, 1.82) is 0 Å². The monoisotopic (exact) mass is 157 g/mol. The molecule has 0 aromatic rings. The third-order valence-electron chi connectivity index (χ3n) is 2.58. The second-order valence-electron chi connectivity index (χ2n) is 3.20. The molecule has 64 valence electrons. The Balaban J connectivity index is 2.64. The number of hydrogen-bond donors (Lipinski definition) is 1. The SMILES string of the molecule is C=CC1(F)CNCCC1CC. The Bertz CT molecular complexity index is 146. The lowest BCUT2D eigenvalue weighted by molar-refractivity contribution is 0.0985. The van der Waals surface area contributed by atoms with Crippen LogP contribution in [0.3, 0.4) is 0 Å². The van der Waals surface area contributed by atoms with Gasteiger partial charge >= 0.3 is 0 Å². The zero-order valence-corrected chi connectivity index (χ0v) is 7.07. The predicted molar refractivity (Wildman–Crippen MR) is 45.3 cm³/mol. The Kier molecular flexibility index (Phi) is 2.66. The minimum Gasteiger partial charge on any atom is -0.313 e. The van der Waals surface area contributed by atoms with Gasteiger partial charge in [0.2, 0.25) is 0 Å². The van der Waals surface area contributed by atoms with E-state index in [2.05, 4.69) is 11.9 Å². The highest BCUT2D eigenvalue weighted by Crippen LogP contribution is 2.31. The van der Waals surface area contributed by atoms with E-state index in [1.807, 2.05) is 6.92 Å². The summed E-state index contributed by atoms with van der Waals surface area (Å²) in [5.41, 5.74) is -1.16. The van der Waals surface area contributed by atoms with Gasteiger partial charge in [-0.25, -0.2) is 4.39 Å². The van der Waals surface area contributed by atoms with Crippen molar-refractivity contribution in [2.75, 3.05) is 13.1 Å². The normalized spacial score (nSPS) is 38.5. The first kappa shape index (κ1) is 8.72. The molecule has 1 saturated heterocycles. The van der Waals surface area contributed by atoms with E-state index in [-0.39, 0.29) is 5.92 Å². The molecule has 1 heterocycles. The van der Waals surface area contributed by atoms with Crippen LogP contribution >= 0.6 is 0 Å². The van der Waals surface area contributed by atoms with E-state index in [1.54, 1.807) is 0 Å². The lowest BCUT2D eigenvalue weighted by Gasteiger charge is -2.35. The standard InChI is InChI=1S/C9H16FN/c1-3-8-5-6-11-7-9(8,10)4-2/h4,8,11H,2-3,5-7H2,1H3. The highest BCUT2D eigenvalue weighted by atomic mass is 19.1. The van der Waals surface area contributed by atoms with Crippen molar-refractivity contribution >= 4 is 0 Å². The second kappa shape index (κ2) is 3.35. The summed E-state index contributed by atoms with van der Waals surface area (Å²) >= 11 is 0. The lowest BCUT2D eigenvalue weighted by atomic mass is 9.82. The van der Waals surface area contributed by atoms with E-state index in [0.717, 1.165) is 19.4 Å². The first-order valence-corrected chi connectivity index (χ1v) is 4.26. The maximum absolute atomic E-state index is 13.8. The largest absolute Gasteiger partial charge is 0.313 e. The molecule has 1 aliphatic heterocycles. The number of halogens is 1. The van der Waals surface area contributed by atoms with Crippen LogP contribution in [-0.4, -0.2) is 18.8 Å². The van der Waals surface area contributed by atoms with Crippen LogP contribution in [0.15, 0.2) is 12.7 Å². The molecule has 0 saturated carbocycles. The Morgan fingerprint density at radius 3 is 3.00 bits per heavy atom. The van der Waals surface area contributed by atoms with Crippen LogP contribution < -0.4 is 5.32 Å². The van der Waals surface area contributed by atoms with E-state index in [0.29, 0.717) is 6.54 Å². The Labute approximate surface area is 67.7 Å². The molecule has 1 N–H and O–H groups in total. The van der Waals surface area contributed by atoms with Gasteiger partial charge in [-0.05, 0) is 25.3 Å². The van der Waals surface area contributed by atoms with Crippen LogP contribution in [0.2, 0.25) is 0 Å². The highest BCUT2D eigenvalue weighted by molar-refractivity contribution is 5.04. The zero-order chi connectivity index (χ0) is 8.32. The molecule has 1 aliphatic rings. The summed E-state index contributed by atoms with van der Waals surface area (Å²) in [6.45, 7) is 6.96. The number of nitrogens with one attached hydrogen (secondary N) is 1. The summed E-state index contributed by atoms with van der Waals surface area (Å²) < 4.78 is 13.8. The van der Waals surface area contributed by atoms with Crippen LogP contribution in [0.5, 0.6) is 0 Å². The van der Waals surface area contributed by atoms with Gasteiger partial charge in [0, 0.05) is 6.54 Å². The topological polar surface area (TPSA) is 12.0 Å². The van der Waals surface area contributed by atoms with Crippen molar-refractivity contribution in [3.8, 4) is 0 Å². The predicted octanol–water partition coefficient (Wildman–Crippen LogP) is 1.90. The molecule has 2 unspecified atom stereocenters. The van der Waals surface area contributed by atoms with E-state index in [4.69, 9.17) is 0 Å². The van der Waals surface area contributed by atoms with Gasteiger partial charge < -0.3 is 5.32 Å². The summed E-state index contributed by atoms with van der Waals surface area (Å²) in [4.78, 5) is 0. The Morgan fingerprint density at radius 1 is 1.82 bits per heavy atom. The fourth-order valence-electron chi connectivity index (χ4n) is 1.72. The molecular weight excluding hydrogens is 141 g/mol. The number of hydrogen-bond acceptors (Lipinski definition) is 1. The van der Waals surface area contributed by atoms with Crippen molar-refractivity contribution in [1.82, 2.24) is 5.32 Å². The summed E-state index contributed by atoms with van der Waals surface area (Å²) in [6.07, 6.45) is 3.29. The van der Waals surface area contributed by atoms with Crippen molar-refractivity contribution in [2.24, 2.45) is 5.92 Å². The second-order valence-corrected chi connectivity index (χ2v) is 3.20. The third kappa shape index (κ3) is 1.62. The van der Waals surface area contributed by atoms with Crippen LogP contribution in [0.25, 0.3) is 0 Å². The average molecular weight is 157 g/mol. The molecule has 0 spiro atoms. The molecule has 0 aliphatic carbocycles. The van der Waals surface area contributed by atoms with Crippen LogP contribution in [-0.2, 0) is 0 Å². The van der Waals surface area contributed by atoms with Gasteiger partial charge in [0.25, 0.3) is 0 Å². The van der Waals surface area contributed by atoms with E-state index >= 15 is 0 Å². The fraction of sp³-hybridized carbons (Fsp3) is 0.778. The van der Waals surface area contributed by atoms with E-state index < -0.39 is 5.67 Å². The molecule has 11 heavy (non-hydrogen) atoms. The number of piperidine rings is 1. The first-order chi connectivity index (χ1) is 5.23. The molecular formula is C9H16FN. The molecule has 0 aromatic carbocycles. The van der Waals surface area contributed by atoms with Gasteiger partial charge in [0.15, 0.2) is 0 Å². The zero-order valence-electron chi connectivity index (χ0n) is 7.07. The highest BCUT2D eigenvalue weighted by Gasteiger charge is 2.36. The molecule has 0 radical (unpaired) electrons. The summed E-state index contributed by atoms with van der Waals surface area (Å²) in [5, 5.41) is 3.04. The van der Waals surface area contributed by atoms with Crippen molar-refractivity contribution < 1.29 is 4.39 Å². The number of rotatable bonds is 2. The lowest BCUT2D eigenvalue weighted by Crippen LogP contribution is -2.47. The van der Waals surface area contributed by atoms with Gasteiger partial charge in [-0.3, -0.25) is 0 Å². The van der Waals surface area contributed by atoms with Crippen molar-refractivity contribution in [3.05, 3.63) is 12.7 Å². The first-order valence-electron chi connectivity index (χ1n) is 4.26. The van der Waals surface area contributed by atoms with Crippen LogP contribution in [0.1, 0.15) is 19.8 Å². The van der Waals surface area contributed by atoms with E-state index in [1.165, 1.54) is 6.08 Å². The van der Waals surface area contributed by atoms with Crippen molar-refractivity contribution in [2.45, 2.75) is 25.4 Å². The molecule has 1 nitrogen and oxygen atoms in total. The van der Waals surface area contributed by atoms with E-state index in [9.17, 15) is 4.39 Å². The minimum atomic E-state index is -1.16. The average Bonchev–Trinajstić information content (AvgIpc) is 2.05. The molecule has 0 bridgehead atoms. The maximum Gasteiger partial charge on any atom is 0.144 e. The molecule has 0 aromatic heterocycles. The summed E-state index contributed by atoms with van der Waals surface area (Å²) in [5.74, 6) is 0.168. The van der Waals surface area contributed by atoms with Crippen molar-refractivity contribution in [3.63, 3.8) is 0 Å². The summed E-state index contributed by atoms with van der Waals surface area (Å²) in [6, 6.07) is 0. The smallest absolute Gasteiger partial charge is 0.144 e. The third-order valence-corrected chi connectivity index (χ3v) is 2.58. The minimum absolute atomic E-state index is 0.168. The molecule has 2 heteroatoms. The van der Waals surface area contributed by atoms with Crippen LogP contribution in [0.4, 0.5) is 4.39 Å². The molecule has 1 rings (SSSR count). The van der Waals surface area contributed by atoms with Gasteiger partial charge in [-0.1, -0.05) is 19.6 Å². The summed E-state index contributed by atoms with van der Waals surface area (Å²) in [7, 11) is 0. The van der Waals surface area contributed by atoms with Gasteiger partial charge in [-0.2, -0.15) is 0 Å². The Hall–Kier alpha value is -0.370. The molecule has 0 amide bonds. The quantitative estimate of drug-likeness (QED) is 0.604. The van der Waals surface area contributed by atoms with Gasteiger partial charge in [-0.15, -0.1) is 0 Å². The van der Waals surface area contributed by atoms with Gasteiger partial charge in [0.1, 0.15) is 5.67 Å².